The third-order valence-electron chi connectivity index (χ3n) is 4.19. The number of fused-ring (bicyclic) bond motifs is 1. The molecule has 3 unspecified atom stereocenters. The molecule has 0 saturated heterocycles. The molecule has 2 aliphatic rings. The maximum absolute atomic E-state index is 11.8. The molecule has 0 aliphatic heterocycles. The molecule has 0 spiro atoms. The zero-order chi connectivity index (χ0) is 14.8. The van der Waals surface area contributed by atoms with E-state index in [2.05, 4.69) is 22.8 Å². The number of rotatable bonds is 4. The Labute approximate surface area is 123 Å². The molecule has 5 heteroatoms. The van der Waals surface area contributed by atoms with Gasteiger partial charge in [-0.2, -0.15) is 0 Å². The topological polar surface area (TPSA) is 78.4 Å². The van der Waals surface area contributed by atoms with Crippen LogP contribution >= 0.6 is 0 Å². The number of hydrogen-bond donors (Lipinski definition) is 3. The van der Waals surface area contributed by atoms with E-state index in [4.69, 9.17) is 5.11 Å². The zero-order valence-electron chi connectivity index (χ0n) is 11.6. The van der Waals surface area contributed by atoms with E-state index in [-0.39, 0.29) is 12.1 Å². The summed E-state index contributed by atoms with van der Waals surface area (Å²) in [5.74, 6) is -0.950. The quantitative estimate of drug-likeness (QED) is 0.736. The largest absolute Gasteiger partial charge is 0.481 e. The Bertz CT molecular complexity index is 597. The highest BCUT2D eigenvalue weighted by atomic mass is 16.4. The minimum absolute atomic E-state index is 0.195. The van der Waals surface area contributed by atoms with Gasteiger partial charge in [0, 0.05) is 12.5 Å². The summed E-state index contributed by atoms with van der Waals surface area (Å²) in [6.07, 6.45) is 4.81. The van der Waals surface area contributed by atoms with Crippen LogP contribution < -0.4 is 10.6 Å². The molecule has 5 nitrogen and oxygen atoms in total. The SMILES string of the molecule is O=C(NCC1Cc2ccccc21)NC1C=CC(C(=O)O)C1. The number of nitrogens with one attached hydrogen (secondary N) is 2. The highest BCUT2D eigenvalue weighted by Crippen LogP contribution is 2.33. The number of carboxylic acid groups (broad SMARTS) is 1. The van der Waals surface area contributed by atoms with Crippen molar-refractivity contribution in [3.63, 3.8) is 0 Å². The predicted octanol–water partition coefficient (Wildman–Crippen LogP) is 1.65. The molecule has 1 aromatic carbocycles. The third kappa shape index (κ3) is 2.91. The second-order valence-corrected chi connectivity index (χ2v) is 5.63. The van der Waals surface area contributed by atoms with Crippen LogP contribution in [0.3, 0.4) is 0 Å². The average Bonchev–Trinajstić information content (AvgIpc) is 2.88. The van der Waals surface area contributed by atoms with Gasteiger partial charge in [0.2, 0.25) is 0 Å². The summed E-state index contributed by atoms with van der Waals surface area (Å²) in [4.78, 5) is 22.7. The van der Waals surface area contributed by atoms with Crippen molar-refractivity contribution < 1.29 is 14.7 Å². The smallest absolute Gasteiger partial charge is 0.315 e. The van der Waals surface area contributed by atoms with E-state index in [1.54, 1.807) is 12.2 Å². The van der Waals surface area contributed by atoms with Gasteiger partial charge in [0.1, 0.15) is 0 Å². The fraction of sp³-hybridized carbons (Fsp3) is 0.375. The van der Waals surface area contributed by atoms with Crippen LogP contribution in [-0.4, -0.2) is 29.7 Å². The Morgan fingerprint density at radius 1 is 1.24 bits per heavy atom. The molecule has 2 amide bonds. The van der Waals surface area contributed by atoms with E-state index >= 15 is 0 Å². The maximum Gasteiger partial charge on any atom is 0.315 e. The van der Waals surface area contributed by atoms with Crippen molar-refractivity contribution in [2.75, 3.05) is 6.54 Å². The Morgan fingerprint density at radius 2 is 2.05 bits per heavy atom. The third-order valence-corrected chi connectivity index (χ3v) is 4.19. The minimum atomic E-state index is -0.845. The fourth-order valence-electron chi connectivity index (χ4n) is 2.97. The molecule has 2 aliphatic carbocycles. The van der Waals surface area contributed by atoms with Gasteiger partial charge in [-0.25, -0.2) is 4.79 Å². The van der Waals surface area contributed by atoms with Crippen LogP contribution in [0.5, 0.6) is 0 Å². The van der Waals surface area contributed by atoms with Crippen molar-refractivity contribution in [1.82, 2.24) is 10.6 Å². The molecular weight excluding hydrogens is 268 g/mol. The summed E-state index contributed by atoms with van der Waals surface area (Å²) in [6.45, 7) is 0.613. The molecule has 0 fully saturated rings. The molecule has 21 heavy (non-hydrogen) atoms. The van der Waals surface area contributed by atoms with E-state index in [9.17, 15) is 9.59 Å². The van der Waals surface area contributed by atoms with Crippen LogP contribution in [-0.2, 0) is 11.2 Å². The lowest BCUT2D eigenvalue weighted by Crippen LogP contribution is -2.43. The zero-order valence-corrected chi connectivity index (χ0v) is 11.6. The number of carbonyl (C=O) groups is 2. The van der Waals surface area contributed by atoms with Crippen LogP contribution in [0, 0.1) is 5.92 Å². The average molecular weight is 286 g/mol. The molecule has 1 aromatic rings. The van der Waals surface area contributed by atoms with Crippen LogP contribution in [0.25, 0.3) is 0 Å². The number of amides is 2. The summed E-state index contributed by atoms with van der Waals surface area (Å²) >= 11 is 0. The van der Waals surface area contributed by atoms with Crippen LogP contribution in [0.1, 0.15) is 23.5 Å². The van der Waals surface area contributed by atoms with Crippen LogP contribution in [0.4, 0.5) is 4.79 Å². The second-order valence-electron chi connectivity index (χ2n) is 5.63. The van der Waals surface area contributed by atoms with E-state index in [1.807, 2.05) is 12.1 Å². The molecule has 0 heterocycles. The molecule has 3 N–H and O–H groups in total. The number of carbonyl (C=O) groups excluding carboxylic acids is 1. The molecular formula is C16H18N2O3. The van der Waals surface area contributed by atoms with E-state index in [1.165, 1.54) is 11.1 Å². The number of aliphatic carboxylic acids is 1. The van der Waals surface area contributed by atoms with Gasteiger partial charge in [-0.1, -0.05) is 36.4 Å². The molecule has 0 saturated carbocycles. The first-order valence-electron chi connectivity index (χ1n) is 7.17. The second kappa shape index (κ2) is 5.60. The van der Waals surface area contributed by atoms with Crippen molar-refractivity contribution in [2.45, 2.75) is 24.8 Å². The van der Waals surface area contributed by atoms with Gasteiger partial charge in [0.25, 0.3) is 0 Å². The minimum Gasteiger partial charge on any atom is -0.481 e. The van der Waals surface area contributed by atoms with E-state index in [0.717, 1.165) is 6.42 Å². The summed E-state index contributed by atoms with van der Waals surface area (Å²) < 4.78 is 0. The molecule has 3 rings (SSSR count). The lowest BCUT2D eigenvalue weighted by molar-refractivity contribution is -0.140. The van der Waals surface area contributed by atoms with Gasteiger partial charge in [-0.15, -0.1) is 0 Å². The maximum atomic E-state index is 11.8. The molecule has 0 bridgehead atoms. The van der Waals surface area contributed by atoms with Gasteiger partial charge in [0.15, 0.2) is 0 Å². The first kappa shape index (κ1) is 13.7. The van der Waals surface area contributed by atoms with Gasteiger partial charge in [-0.05, 0) is 24.0 Å². The van der Waals surface area contributed by atoms with Gasteiger partial charge < -0.3 is 15.7 Å². The lowest BCUT2D eigenvalue weighted by atomic mass is 9.78. The van der Waals surface area contributed by atoms with E-state index in [0.29, 0.717) is 18.9 Å². The van der Waals surface area contributed by atoms with Crippen LogP contribution in [0.15, 0.2) is 36.4 Å². The van der Waals surface area contributed by atoms with Crippen molar-refractivity contribution in [3.8, 4) is 0 Å². The Hall–Kier alpha value is -2.30. The summed E-state index contributed by atoms with van der Waals surface area (Å²) in [5.41, 5.74) is 2.66. The van der Waals surface area contributed by atoms with Gasteiger partial charge in [-0.3, -0.25) is 4.79 Å². The fourth-order valence-corrected chi connectivity index (χ4v) is 2.97. The standard InChI is InChI=1S/C16H18N2O3/c19-15(20)11-5-6-13(8-11)18-16(21)17-9-12-7-10-3-1-2-4-14(10)12/h1-6,11-13H,7-9H2,(H,19,20)(H2,17,18,21). The highest BCUT2D eigenvalue weighted by molar-refractivity contribution is 5.76. The summed E-state index contributed by atoms with van der Waals surface area (Å²) in [7, 11) is 0. The molecule has 0 aromatic heterocycles. The molecule has 0 radical (unpaired) electrons. The summed E-state index contributed by atoms with van der Waals surface area (Å²) in [5, 5.41) is 14.6. The van der Waals surface area contributed by atoms with E-state index < -0.39 is 11.9 Å². The predicted molar refractivity (Wildman–Crippen MR) is 78.1 cm³/mol. The molecule has 3 atom stereocenters. The molecule has 110 valence electrons. The van der Waals surface area contributed by atoms with Gasteiger partial charge in [0.05, 0.1) is 12.0 Å². The number of urea groups is 1. The van der Waals surface area contributed by atoms with Gasteiger partial charge >= 0.3 is 12.0 Å². The number of carboxylic acids is 1. The highest BCUT2D eigenvalue weighted by Gasteiger charge is 2.27. The lowest BCUT2D eigenvalue weighted by Gasteiger charge is -2.30. The van der Waals surface area contributed by atoms with Crippen molar-refractivity contribution in [2.24, 2.45) is 5.92 Å². The van der Waals surface area contributed by atoms with Crippen LogP contribution in [0.2, 0.25) is 0 Å². The first-order chi connectivity index (χ1) is 10.1. The van der Waals surface area contributed by atoms with Crippen molar-refractivity contribution in [1.29, 1.82) is 0 Å². The number of hydrogen-bond acceptors (Lipinski definition) is 2. The monoisotopic (exact) mass is 286 g/mol. The Kier molecular flexibility index (Phi) is 3.64. The Balaban J connectivity index is 1.42. The first-order valence-corrected chi connectivity index (χ1v) is 7.17. The van der Waals surface area contributed by atoms with Crippen molar-refractivity contribution >= 4 is 12.0 Å². The normalized spacial score (nSPS) is 25.8. The Morgan fingerprint density at radius 3 is 2.76 bits per heavy atom. The number of benzene rings is 1. The summed E-state index contributed by atoms with van der Waals surface area (Å²) in [6, 6.07) is 7.82. The van der Waals surface area contributed by atoms with Crippen molar-refractivity contribution in [3.05, 3.63) is 47.5 Å².